The summed E-state index contributed by atoms with van der Waals surface area (Å²) in [5.41, 5.74) is 2.24. The summed E-state index contributed by atoms with van der Waals surface area (Å²) in [6.07, 6.45) is 0. The summed E-state index contributed by atoms with van der Waals surface area (Å²) in [6.45, 7) is 3.05. The molecule has 4 nitrogen and oxygen atoms in total. The Morgan fingerprint density at radius 1 is 1.31 bits per heavy atom. The maximum absolute atomic E-state index is 5.59. The van der Waals surface area contributed by atoms with Crippen molar-refractivity contribution >= 4 is 15.9 Å². The SMILES string of the molecule is Cc1nnc2n1-c1cccc(Br)c1COC2. The highest BCUT2D eigenvalue weighted by molar-refractivity contribution is 9.10. The van der Waals surface area contributed by atoms with Crippen LogP contribution in [0.2, 0.25) is 0 Å². The van der Waals surface area contributed by atoms with Crippen LogP contribution < -0.4 is 0 Å². The van der Waals surface area contributed by atoms with Crippen LogP contribution in [-0.4, -0.2) is 14.8 Å². The van der Waals surface area contributed by atoms with Gasteiger partial charge in [-0.25, -0.2) is 0 Å². The van der Waals surface area contributed by atoms with Crippen molar-refractivity contribution in [2.75, 3.05) is 0 Å². The molecular weight excluding hydrogens is 270 g/mol. The molecule has 82 valence electrons. The Bertz CT molecular complexity index is 550. The van der Waals surface area contributed by atoms with E-state index in [1.54, 1.807) is 0 Å². The molecule has 0 saturated carbocycles. The highest BCUT2D eigenvalue weighted by Crippen LogP contribution is 2.28. The minimum Gasteiger partial charge on any atom is -0.369 e. The van der Waals surface area contributed by atoms with Gasteiger partial charge in [0.1, 0.15) is 12.4 Å². The summed E-state index contributed by atoms with van der Waals surface area (Å²) < 4.78 is 8.70. The summed E-state index contributed by atoms with van der Waals surface area (Å²) in [5, 5.41) is 8.20. The Morgan fingerprint density at radius 3 is 3.06 bits per heavy atom. The first kappa shape index (κ1) is 9.99. The molecule has 0 spiro atoms. The number of ether oxygens (including phenoxy) is 1. The monoisotopic (exact) mass is 279 g/mol. The number of rotatable bonds is 0. The van der Waals surface area contributed by atoms with Crippen molar-refractivity contribution in [1.82, 2.24) is 14.8 Å². The Kier molecular flexibility index (Phi) is 2.29. The highest BCUT2D eigenvalue weighted by atomic mass is 79.9. The predicted octanol–water partition coefficient (Wildman–Crippen LogP) is 2.37. The van der Waals surface area contributed by atoms with Crippen LogP contribution in [0.25, 0.3) is 5.69 Å². The second-order valence-electron chi connectivity index (χ2n) is 3.73. The average Bonchev–Trinajstić information content (AvgIpc) is 2.53. The third-order valence-electron chi connectivity index (χ3n) is 2.70. The van der Waals surface area contributed by atoms with Gasteiger partial charge in [0.2, 0.25) is 0 Å². The predicted molar refractivity (Wildman–Crippen MR) is 62.3 cm³/mol. The van der Waals surface area contributed by atoms with Crippen molar-refractivity contribution in [3.05, 3.63) is 39.9 Å². The molecule has 0 N–H and O–H groups in total. The van der Waals surface area contributed by atoms with Gasteiger partial charge in [0.05, 0.1) is 12.3 Å². The first-order valence-electron chi connectivity index (χ1n) is 5.04. The van der Waals surface area contributed by atoms with Crippen LogP contribution in [0.4, 0.5) is 0 Å². The number of aryl methyl sites for hydroxylation is 1. The molecule has 5 heteroatoms. The van der Waals surface area contributed by atoms with Gasteiger partial charge in [0, 0.05) is 10.0 Å². The molecule has 2 aromatic rings. The van der Waals surface area contributed by atoms with E-state index in [1.807, 2.05) is 23.6 Å². The van der Waals surface area contributed by atoms with Crippen molar-refractivity contribution in [3.63, 3.8) is 0 Å². The van der Waals surface area contributed by atoms with Crippen LogP contribution in [0.3, 0.4) is 0 Å². The van der Waals surface area contributed by atoms with E-state index >= 15 is 0 Å². The largest absolute Gasteiger partial charge is 0.369 e. The molecular formula is C11H10BrN3O. The zero-order chi connectivity index (χ0) is 11.1. The Morgan fingerprint density at radius 2 is 2.19 bits per heavy atom. The number of hydrogen-bond acceptors (Lipinski definition) is 3. The first-order chi connectivity index (χ1) is 7.77. The molecule has 1 aromatic carbocycles. The standard InChI is InChI=1S/C11H10BrN3O/c1-7-13-14-11-6-16-5-8-9(12)3-2-4-10(8)15(7)11/h2-4H,5-6H2,1H3. The van der Waals surface area contributed by atoms with Gasteiger partial charge in [-0.1, -0.05) is 22.0 Å². The second kappa shape index (κ2) is 3.68. The molecule has 0 aliphatic carbocycles. The van der Waals surface area contributed by atoms with Gasteiger partial charge in [-0.05, 0) is 19.1 Å². The third kappa shape index (κ3) is 1.39. The van der Waals surface area contributed by atoms with Gasteiger partial charge >= 0.3 is 0 Å². The van der Waals surface area contributed by atoms with Gasteiger partial charge in [0.25, 0.3) is 0 Å². The van der Waals surface area contributed by atoms with E-state index in [1.165, 1.54) is 0 Å². The molecule has 0 fully saturated rings. The normalized spacial score (nSPS) is 14.1. The lowest BCUT2D eigenvalue weighted by atomic mass is 10.2. The van der Waals surface area contributed by atoms with Gasteiger partial charge in [0.15, 0.2) is 5.82 Å². The number of fused-ring (bicyclic) bond motifs is 3. The zero-order valence-corrected chi connectivity index (χ0v) is 10.4. The Balaban J connectivity index is 2.33. The summed E-state index contributed by atoms with van der Waals surface area (Å²) >= 11 is 3.55. The number of halogens is 1. The molecule has 1 aliphatic heterocycles. The first-order valence-corrected chi connectivity index (χ1v) is 5.83. The molecule has 0 radical (unpaired) electrons. The fourth-order valence-electron chi connectivity index (χ4n) is 1.96. The molecule has 2 heterocycles. The lowest BCUT2D eigenvalue weighted by Crippen LogP contribution is -2.02. The Hall–Kier alpha value is -1.20. The molecule has 0 atom stereocenters. The van der Waals surface area contributed by atoms with Gasteiger partial charge < -0.3 is 4.74 Å². The van der Waals surface area contributed by atoms with Crippen LogP contribution in [0, 0.1) is 6.92 Å². The molecule has 0 saturated heterocycles. The van der Waals surface area contributed by atoms with Crippen LogP contribution in [0.5, 0.6) is 0 Å². The van der Waals surface area contributed by atoms with E-state index < -0.39 is 0 Å². The fourth-order valence-corrected chi connectivity index (χ4v) is 2.43. The third-order valence-corrected chi connectivity index (χ3v) is 3.45. The number of benzene rings is 1. The molecule has 0 unspecified atom stereocenters. The summed E-state index contributed by atoms with van der Waals surface area (Å²) in [4.78, 5) is 0. The summed E-state index contributed by atoms with van der Waals surface area (Å²) in [6, 6.07) is 6.10. The zero-order valence-electron chi connectivity index (χ0n) is 8.77. The van der Waals surface area contributed by atoms with Crippen molar-refractivity contribution in [2.45, 2.75) is 20.1 Å². The van der Waals surface area contributed by atoms with Crippen molar-refractivity contribution in [1.29, 1.82) is 0 Å². The molecule has 0 bridgehead atoms. The van der Waals surface area contributed by atoms with Crippen molar-refractivity contribution in [2.24, 2.45) is 0 Å². The quantitative estimate of drug-likeness (QED) is 0.743. The van der Waals surface area contributed by atoms with Gasteiger partial charge in [-0.3, -0.25) is 4.57 Å². The second-order valence-corrected chi connectivity index (χ2v) is 4.58. The number of nitrogens with zero attached hydrogens (tertiary/aromatic N) is 3. The minimum atomic E-state index is 0.502. The van der Waals surface area contributed by atoms with Crippen molar-refractivity contribution < 1.29 is 4.74 Å². The summed E-state index contributed by atoms with van der Waals surface area (Å²) in [5.74, 6) is 1.74. The fraction of sp³-hybridized carbons (Fsp3) is 0.273. The van der Waals surface area contributed by atoms with Crippen LogP contribution in [0.15, 0.2) is 22.7 Å². The van der Waals surface area contributed by atoms with Crippen LogP contribution >= 0.6 is 15.9 Å². The maximum Gasteiger partial charge on any atom is 0.163 e. The minimum absolute atomic E-state index is 0.502. The van der Waals surface area contributed by atoms with Crippen LogP contribution in [0.1, 0.15) is 17.2 Å². The van der Waals surface area contributed by atoms with E-state index in [2.05, 4.69) is 32.2 Å². The van der Waals surface area contributed by atoms with E-state index in [4.69, 9.17) is 4.74 Å². The molecule has 0 amide bonds. The van der Waals surface area contributed by atoms with E-state index in [9.17, 15) is 0 Å². The smallest absolute Gasteiger partial charge is 0.163 e. The molecule has 16 heavy (non-hydrogen) atoms. The van der Waals surface area contributed by atoms with E-state index in [-0.39, 0.29) is 0 Å². The lowest BCUT2D eigenvalue weighted by molar-refractivity contribution is 0.104. The van der Waals surface area contributed by atoms with Gasteiger partial charge in [-0.15, -0.1) is 10.2 Å². The Labute approximate surface area is 101 Å². The topological polar surface area (TPSA) is 39.9 Å². The maximum atomic E-state index is 5.59. The number of hydrogen-bond donors (Lipinski definition) is 0. The van der Waals surface area contributed by atoms with Crippen LogP contribution in [-0.2, 0) is 18.0 Å². The molecule has 1 aliphatic rings. The lowest BCUT2D eigenvalue weighted by Gasteiger charge is -2.10. The highest BCUT2D eigenvalue weighted by Gasteiger charge is 2.19. The van der Waals surface area contributed by atoms with E-state index in [0.29, 0.717) is 13.2 Å². The van der Waals surface area contributed by atoms with E-state index in [0.717, 1.165) is 27.4 Å². The summed E-state index contributed by atoms with van der Waals surface area (Å²) in [7, 11) is 0. The molecule has 1 aromatic heterocycles. The van der Waals surface area contributed by atoms with Crippen molar-refractivity contribution in [3.8, 4) is 5.69 Å². The van der Waals surface area contributed by atoms with Gasteiger partial charge in [-0.2, -0.15) is 0 Å². The average molecular weight is 280 g/mol. The molecule has 3 rings (SSSR count). The number of aromatic nitrogens is 3.